The summed E-state index contributed by atoms with van der Waals surface area (Å²) in [5.41, 5.74) is 0.648. The van der Waals surface area contributed by atoms with E-state index in [1.165, 1.54) is 27.9 Å². The van der Waals surface area contributed by atoms with Gasteiger partial charge in [-0.25, -0.2) is 13.9 Å². The number of benzene rings is 1. The molecule has 0 saturated carbocycles. The highest BCUT2D eigenvalue weighted by Crippen LogP contribution is 2.20. The summed E-state index contributed by atoms with van der Waals surface area (Å²) in [6, 6.07) is 5.72. The summed E-state index contributed by atoms with van der Waals surface area (Å²) in [6.45, 7) is 0.943. The third-order valence-corrected chi connectivity index (χ3v) is 4.63. The molecule has 2 heterocycles. The summed E-state index contributed by atoms with van der Waals surface area (Å²) in [5.74, 6) is -1.51. The number of piperidine rings is 1. The molecule has 0 radical (unpaired) electrons. The molecular weight excluding hydrogens is 363 g/mol. The SMILES string of the molecule is O=C(O)C1CCCN(C(=O)Nc2ccnn2Cc2ccc(Cl)c(F)c2)C1. The van der Waals surface area contributed by atoms with Crippen molar-refractivity contribution in [2.45, 2.75) is 19.4 Å². The van der Waals surface area contributed by atoms with Crippen LogP contribution in [0.5, 0.6) is 0 Å². The van der Waals surface area contributed by atoms with Gasteiger partial charge in [-0.05, 0) is 30.5 Å². The van der Waals surface area contributed by atoms with Gasteiger partial charge >= 0.3 is 12.0 Å². The molecule has 9 heteroatoms. The highest BCUT2D eigenvalue weighted by Gasteiger charge is 2.28. The van der Waals surface area contributed by atoms with Crippen LogP contribution in [0.1, 0.15) is 18.4 Å². The van der Waals surface area contributed by atoms with Gasteiger partial charge in [0.05, 0.1) is 23.7 Å². The standard InChI is InChI=1S/C17H18ClFN4O3/c18-13-4-3-11(8-14(13)19)9-23-15(5-6-20-23)21-17(26)22-7-1-2-12(10-22)16(24)25/h3-6,8,12H,1-2,7,9-10H2,(H,21,26)(H,24,25). The maximum absolute atomic E-state index is 13.6. The Kier molecular flexibility index (Phi) is 5.41. The Morgan fingerprint density at radius 3 is 2.92 bits per heavy atom. The van der Waals surface area contributed by atoms with Crippen molar-refractivity contribution < 1.29 is 19.1 Å². The number of carboxylic acids is 1. The van der Waals surface area contributed by atoms with Crippen molar-refractivity contribution in [1.82, 2.24) is 14.7 Å². The lowest BCUT2D eigenvalue weighted by Crippen LogP contribution is -2.44. The van der Waals surface area contributed by atoms with Crippen LogP contribution >= 0.6 is 11.6 Å². The van der Waals surface area contributed by atoms with Crippen molar-refractivity contribution in [2.75, 3.05) is 18.4 Å². The zero-order valence-corrected chi connectivity index (χ0v) is 14.6. The number of anilines is 1. The summed E-state index contributed by atoms with van der Waals surface area (Å²) < 4.78 is 15.1. The molecule has 1 aliphatic heterocycles. The minimum Gasteiger partial charge on any atom is -0.481 e. The Balaban J connectivity index is 1.67. The number of carbonyl (C=O) groups excluding carboxylic acids is 1. The molecule has 3 rings (SSSR count). The second-order valence-electron chi connectivity index (χ2n) is 6.18. The highest BCUT2D eigenvalue weighted by atomic mass is 35.5. The van der Waals surface area contributed by atoms with Gasteiger partial charge in [-0.1, -0.05) is 17.7 Å². The van der Waals surface area contributed by atoms with Crippen LogP contribution in [0.15, 0.2) is 30.5 Å². The number of carboxylic acid groups (broad SMARTS) is 1. The first kappa shape index (κ1) is 18.2. The van der Waals surface area contributed by atoms with Crippen molar-refractivity contribution in [2.24, 2.45) is 5.92 Å². The molecule has 1 unspecified atom stereocenters. The van der Waals surface area contributed by atoms with E-state index in [-0.39, 0.29) is 24.1 Å². The first-order chi connectivity index (χ1) is 12.4. The average Bonchev–Trinajstić information content (AvgIpc) is 3.05. The molecule has 0 spiro atoms. The van der Waals surface area contributed by atoms with Gasteiger partial charge in [0.15, 0.2) is 0 Å². The molecule has 26 heavy (non-hydrogen) atoms. The number of hydrogen-bond donors (Lipinski definition) is 2. The van der Waals surface area contributed by atoms with Gasteiger partial charge in [0.25, 0.3) is 0 Å². The maximum Gasteiger partial charge on any atom is 0.323 e. The van der Waals surface area contributed by atoms with Crippen molar-refractivity contribution >= 4 is 29.4 Å². The molecule has 2 aromatic rings. The minimum absolute atomic E-state index is 0.0424. The van der Waals surface area contributed by atoms with Crippen LogP contribution < -0.4 is 5.32 Å². The molecule has 1 aromatic heterocycles. The molecule has 1 saturated heterocycles. The average molecular weight is 381 g/mol. The van der Waals surface area contributed by atoms with Gasteiger partial charge < -0.3 is 10.0 Å². The van der Waals surface area contributed by atoms with Gasteiger partial charge in [-0.2, -0.15) is 5.10 Å². The zero-order valence-electron chi connectivity index (χ0n) is 13.9. The van der Waals surface area contributed by atoms with Gasteiger partial charge in [-0.15, -0.1) is 0 Å². The fourth-order valence-electron chi connectivity index (χ4n) is 2.93. The number of nitrogens with one attached hydrogen (secondary N) is 1. The minimum atomic E-state index is -0.891. The monoisotopic (exact) mass is 380 g/mol. The second kappa shape index (κ2) is 7.74. The number of amides is 2. The molecule has 1 aliphatic rings. The number of rotatable bonds is 4. The van der Waals surface area contributed by atoms with Crippen LogP contribution in [0, 0.1) is 11.7 Å². The summed E-state index contributed by atoms with van der Waals surface area (Å²) in [4.78, 5) is 25.1. The zero-order chi connectivity index (χ0) is 18.7. The van der Waals surface area contributed by atoms with Crippen molar-refractivity contribution in [3.8, 4) is 0 Å². The van der Waals surface area contributed by atoms with E-state index in [1.807, 2.05) is 0 Å². The van der Waals surface area contributed by atoms with Gasteiger partial charge in [0.2, 0.25) is 0 Å². The van der Waals surface area contributed by atoms with E-state index in [0.717, 1.165) is 0 Å². The molecule has 7 nitrogen and oxygen atoms in total. The molecule has 0 bridgehead atoms. The van der Waals surface area contributed by atoms with E-state index in [1.54, 1.807) is 12.1 Å². The third kappa shape index (κ3) is 4.13. The smallest absolute Gasteiger partial charge is 0.323 e. The fraction of sp³-hybridized carbons (Fsp3) is 0.353. The number of halogens is 2. The van der Waals surface area contributed by atoms with E-state index < -0.39 is 17.7 Å². The van der Waals surface area contributed by atoms with Crippen molar-refractivity contribution in [3.05, 3.63) is 46.9 Å². The van der Waals surface area contributed by atoms with Gasteiger partial charge in [0.1, 0.15) is 11.6 Å². The van der Waals surface area contributed by atoms with Crippen molar-refractivity contribution in [1.29, 1.82) is 0 Å². The fourth-order valence-corrected chi connectivity index (χ4v) is 3.05. The lowest BCUT2D eigenvalue weighted by molar-refractivity contribution is -0.143. The lowest BCUT2D eigenvalue weighted by atomic mass is 9.99. The largest absolute Gasteiger partial charge is 0.481 e. The number of nitrogens with zero attached hydrogens (tertiary/aromatic N) is 3. The summed E-state index contributed by atoms with van der Waals surface area (Å²) in [6.07, 6.45) is 2.74. The Bertz CT molecular complexity index is 826. The van der Waals surface area contributed by atoms with Crippen molar-refractivity contribution in [3.63, 3.8) is 0 Å². The van der Waals surface area contributed by atoms with Crippen LogP contribution in [0.4, 0.5) is 15.0 Å². The third-order valence-electron chi connectivity index (χ3n) is 4.33. The summed E-state index contributed by atoms with van der Waals surface area (Å²) in [7, 11) is 0. The van der Waals surface area contributed by atoms with Crippen LogP contribution in [0.3, 0.4) is 0 Å². The van der Waals surface area contributed by atoms with E-state index >= 15 is 0 Å². The maximum atomic E-state index is 13.6. The summed E-state index contributed by atoms with van der Waals surface area (Å²) in [5, 5.41) is 16.1. The molecule has 1 fully saturated rings. The van der Waals surface area contributed by atoms with Gasteiger partial charge in [-0.3, -0.25) is 10.1 Å². The molecule has 2 N–H and O–H groups in total. The quantitative estimate of drug-likeness (QED) is 0.853. The predicted octanol–water partition coefficient (Wildman–Crippen LogP) is 3.05. The first-order valence-electron chi connectivity index (χ1n) is 8.18. The predicted molar refractivity (Wildman–Crippen MR) is 93.7 cm³/mol. The number of likely N-dealkylation sites (tertiary alicyclic amines) is 1. The van der Waals surface area contributed by atoms with E-state index in [4.69, 9.17) is 16.7 Å². The van der Waals surface area contributed by atoms with E-state index in [0.29, 0.717) is 30.8 Å². The Hall–Kier alpha value is -2.61. The number of hydrogen-bond acceptors (Lipinski definition) is 3. The normalized spacial score (nSPS) is 17.2. The molecule has 0 aliphatic carbocycles. The topological polar surface area (TPSA) is 87.5 Å². The Morgan fingerprint density at radius 2 is 2.19 bits per heavy atom. The first-order valence-corrected chi connectivity index (χ1v) is 8.56. The van der Waals surface area contributed by atoms with E-state index in [2.05, 4.69) is 10.4 Å². The highest BCUT2D eigenvalue weighted by molar-refractivity contribution is 6.30. The number of aliphatic carboxylic acids is 1. The molecule has 1 aromatic carbocycles. The van der Waals surface area contributed by atoms with Crippen LogP contribution in [-0.4, -0.2) is 44.9 Å². The molecule has 1 atom stereocenters. The van der Waals surface area contributed by atoms with Gasteiger partial charge in [0, 0.05) is 19.2 Å². The van der Waals surface area contributed by atoms with Crippen LogP contribution in [0.2, 0.25) is 5.02 Å². The van der Waals surface area contributed by atoms with Crippen LogP contribution in [-0.2, 0) is 11.3 Å². The Morgan fingerprint density at radius 1 is 1.38 bits per heavy atom. The second-order valence-corrected chi connectivity index (χ2v) is 6.58. The number of carbonyl (C=O) groups is 2. The number of urea groups is 1. The molecular formula is C17H18ClFN4O3. The number of aromatic nitrogens is 2. The Labute approximate surface area is 154 Å². The van der Waals surface area contributed by atoms with Crippen LogP contribution in [0.25, 0.3) is 0 Å². The van der Waals surface area contributed by atoms with E-state index in [9.17, 15) is 14.0 Å². The lowest BCUT2D eigenvalue weighted by Gasteiger charge is -2.30. The molecule has 2 amide bonds. The summed E-state index contributed by atoms with van der Waals surface area (Å²) >= 11 is 5.68. The molecule has 138 valence electrons.